The second kappa shape index (κ2) is 7.36. The fourth-order valence-electron chi connectivity index (χ4n) is 2.35. The molecule has 2 aromatic rings. The van der Waals surface area contributed by atoms with Crippen molar-refractivity contribution in [3.05, 3.63) is 41.7 Å². The summed E-state index contributed by atoms with van der Waals surface area (Å²) in [6.45, 7) is 9.24. The van der Waals surface area contributed by atoms with Crippen LogP contribution in [0.5, 0.6) is 0 Å². The number of nitrogens with zero attached hydrogens (tertiary/aromatic N) is 3. The highest BCUT2D eigenvalue weighted by molar-refractivity contribution is 7.09. The molecule has 0 radical (unpaired) electrons. The number of anilines is 1. The van der Waals surface area contributed by atoms with E-state index in [2.05, 4.69) is 63.8 Å². The van der Waals surface area contributed by atoms with Gasteiger partial charge in [0, 0.05) is 18.1 Å². The molecule has 0 aliphatic carbocycles. The third kappa shape index (κ3) is 3.77. The average Bonchev–Trinajstić information content (AvgIpc) is 2.90. The Morgan fingerprint density at radius 3 is 2.45 bits per heavy atom. The van der Waals surface area contributed by atoms with Gasteiger partial charge in [-0.25, -0.2) is 4.98 Å². The van der Waals surface area contributed by atoms with Crippen molar-refractivity contribution >= 4 is 16.7 Å². The Morgan fingerprint density at radius 2 is 1.90 bits per heavy atom. The van der Waals surface area contributed by atoms with E-state index in [1.807, 2.05) is 6.92 Å². The molecule has 0 fully saturated rings. The maximum absolute atomic E-state index is 4.37. The molecule has 5 heteroatoms. The molecular formula is C15H22N4S. The van der Waals surface area contributed by atoms with Gasteiger partial charge in [-0.05, 0) is 25.6 Å². The van der Waals surface area contributed by atoms with E-state index >= 15 is 0 Å². The zero-order valence-corrected chi connectivity index (χ0v) is 13.2. The fourth-order valence-corrected chi connectivity index (χ4v) is 2.93. The molecule has 1 atom stereocenters. The van der Waals surface area contributed by atoms with Crippen molar-refractivity contribution in [2.75, 3.05) is 25.0 Å². The number of likely N-dealkylation sites (N-methyl/N-ethyl adjacent to an activating group) is 1. The molecule has 1 N–H and O–H groups in total. The van der Waals surface area contributed by atoms with Crippen LogP contribution in [-0.4, -0.2) is 33.9 Å². The number of aromatic nitrogens is 2. The second-order valence-corrected chi connectivity index (χ2v) is 5.43. The third-order valence-corrected chi connectivity index (χ3v) is 4.18. The maximum Gasteiger partial charge on any atom is 0.202 e. The van der Waals surface area contributed by atoms with Gasteiger partial charge in [-0.3, -0.25) is 4.90 Å². The van der Waals surface area contributed by atoms with E-state index in [-0.39, 0.29) is 0 Å². The molecule has 0 saturated carbocycles. The molecular weight excluding hydrogens is 268 g/mol. The number of nitrogens with one attached hydrogen (secondary N) is 1. The molecule has 1 aromatic heterocycles. The van der Waals surface area contributed by atoms with E-state index in [1.165, 1.54) is 17.1 Å². The van der Waals surface area contributed by atoms with Crippen LogP contribution in [0.1, 0.15) is 31.3 Å². The Labute approximate surface area is 125 Å². The van der Waals surface area contributed by atoms with Crippen LogP contribution in [0, 0.1) is 6.92 Å². The van der Waals surface area contributed by atoms with Crippen molar-refractivity contribution in [3.8, 4) is 0 Å². The van der Waals surface area contributed by atoms with Gasteiger partial charge < -0.3 is 5.32 Å². The first-order valence-corrected chi connectivity index (χ1v) is 7.85. The summed E-state index contributed by atoms with van der Waals surface area (Å²) in [5.74, 6) is 0.830. The Balaban J connectivity index is 2.10. The van der Waals surface area contributed by atoms with Gasteiger partial charge in [0.15, 0.2) is 0 Å². The molecule has 1 aromatic carbocycles. The van der Waals surface area contributed by atoms with Crippen molar-refractivity contribution in [1.82, 2.24) is 14.3 Å². The highest BCUT2D eigenvalue weighted by atomic mass is 32.1. The summed E-state index contributed by atoms with van der Waals surface area (Å²) in [5, 5.41) is 4.32. The minimum absolute atomic E-state index is 0.357. The molecule has 0 saturated heterocycles. The first kappa shape index (κ1) is 14.9. The predicted octanol–water partition coefficient (Wildman–Crippen LogP) is 3.34. The lowest BCUT2D eigenvalue weighted by Gasteiger charge is -2.30. The van der Waals surface area contributed by atoms with E-state index < -0.39 is 0 Å². The van der Waals surface area contributed by atoms with Crippen molar-refractivity contribution in [3.63, 3.8) is 0 Å². The summed E-state index contributed by atoms with van der Waals surface area (Å²) >= 11 is 1.42. The molecule has 0 aliphatic heterocycles. The molecule has 4 nitrogen and oxygen atoms in total. The van der Waals surface area contributed by atoms with Crippen LogP contribution in [-0.2, 0) is 0 Å². The van der Waals surface area contributed by atoms with Gasteiger partial charge in [-0.2, -0.15) is 4.37 Å². The molecule has 108 valence electrons. The summed E-state index contributed by atoms with van der Waals surface area (Å²) in [6.07, 6.45) is 0. The lowest BCUT2D eigenvalue weighted by Crippen LogP contribution is -2.33. The molecule has 1 heterocycles. The highest BCUT2D eigenvalue weighted by Gasteiger charge is 2.17. The van der Waals surface area contributed by atoms with Crippen molar-refractivity contribution in [1.29, 1.82) is 0 Å². The van der Waals surface area contributed by atoms with Gasteiger partial charge in [-0.1, -0.05) is 44.2 Å². The van der Waals surface area contributed by atoms with Crippen molar-refractivity contribution < 1.29 is 0 Å². The Kier molecular flexibility index (Phi) is 5.49. The average molecular weight is 290 g/mol. The minimum Gasteiger partial charge on any atom is -0.358 e. The molecule has 0 amide bonds. The van der Waals surface area contributed by atoms with Crippen LogP contribution in [0.3, 0.4) is 0 Å². The van der Waals surface area contributed by atoms with Crippen molar-refractivity contribution in [2.24, 2.45) is 0 Å². The fraction of sp³-hybridized carbons (Fsp3) is 0.467. The van der Waals surface area contributed by atoms with Gasteiger partial charge in [0.1, 0.15) is 5.82 Å². The summed E-state index contributed by atoms with van der Waals surface area (Å²) in [7, 11) is 0. The van der Waals surface area contributed by atoms with Crippen LogP contribution in [0.4, 0.5) is 5.13 Å². The highest BCUT2D eigenvalue weighted by Crippen LogP contribution is 2.21. The summed E-state index contributed by atoms with van der Waals surface area (Å²) < 4.78 is 4.21. The van der Waals surface area contributed by atoms with Gasteiger partial charge in [0.2, 0.25) is 5.13 Å². The normalized spacial score (nSPS) is 12.6. The smallest absolute Gasteiger partial charge is 0.202 e. The van der Waals surface area contributed by atoms with E-state index in [0.717, 1.165) is 30.6 Å². The van der Waals surface area contributed by atoms with Crippen LogP contribution in [0.25, 0.3) is 0 Å². The van der Waals surface area contributed by atoms with Crippen LogP contribution in [0.15, 0.2) is 30.3 Å². The number of rotatable bonds is 7. The molecule has 0 bridgehead atoms. The maximum atomic E-state index is 4.37. The summed E-state index contributed by atoms with van der Waals surface area (Å²) in [6, 6.07) is 11.0. The lowest BCUT2D eigenvalue weighted by molar-refractivity contribution is 0.228. The third-order valence-electron chi connectivity index (χ3n) is 3.41. The lowest BCUT2D eigenvalue weighted by atomic mass is 10.1. The van der Waals surface area contributed by atoms with E-state index in [1.54, 1.807) is 0 Å². The molecule has 1 unspecified atom stereocenters. The second-order valence-electron chi connectivity index (χ2n) is 4.68. The number of hydrogen-bond acceptors (Lipinski definition) is 5. The van der Waals surface area contributed by atoms with Crippen LogP contribution in [0.2, 0.25) is 0 Å². The molecule has 0 spiro atoms. The van der Waals surface area contributed by atoms with Crippen LogP contribution < -0.4 is 5.32 Å². The first-order chi connectivity index (χ1) is 9.74. The topological polar surface area (TPSA) is 41.0 Å². The summed E-state index contributed by atoms with van der Waals surface area (Å²) in [5.41, 5.74) is 1.34. The molecule has 2 rings (SSSR count). The Morgan fingerprint density at radius 1 is 1.20 bits per heavy atom. The van der Waals surface area contributed by atoms with Gasteiger partial charge in [0.25, 0.3) is 0 Å². The van der Waals surface area contributed by atoms with Gasteiger partial charge in [-0.15, -0.1) is 0 Å². The number of aryl methyl sites for hydroxylation is 1. The predicted molar refractivity (Wildman–Crippen MR) is 85.2 cm³/mol. The quantitative estimate of drug-likeness (QED) is 0.849. The van der Waals surface area contributed by atoms with Gasteiger partial charge in [0.05, 0.1) is 6.04 Å². The number of benzene rings is 1. The molecule has 20 heavy (non-hydrogen) atoms. The first-order valence-electron chi connectivity index (χ1n) is 7.07. The SMILES string of the molecule is CCN(CC)C(CNc1nc(C)ns1)c1ccccc1. The Hall–Kier alpha value is -1.46. The minimum atomic E-state index is 0.357. The zero-order chi connectivity index (χ0) is 14.4. The van der Waals surface area contributed by atoms with E-state index in [0.29, 0.717) is 6.04 Å². The zero-order valence-electron chi connectivity index (χ0n) is 12.3. The molecule has 0 aliphatic rings. The largest absolute Gasteiger partial charge is 0.358 e. The monoisotopic (exact) mass is 290 g/mol. The Bertz CT molecular complexity index is 508. The standard InChI is InChI=1S/C15H22N4S/c1-4-19(5-2)14(13-9-7-6-8-10-13)11-16-15-17-12(3)18-20-15/h6-10,14H,4-5,11H2,1-3H3,(H,16,17,18). The van der Waals surface area contributed by atoms with E-state index in [4.69, 9.17) is 0 Å². The summed E-state index contributed by atoms with van der Waals surface area (Å²) in [4.78, 5) is 6.82. The van der Waals surface area contributed by atoms with Gasteiger partial charge >= 0.3 is 0 Å². The van der Waals surface area contributed by atoms with Crippen LogP contribution >= 0.6 is 11.5 Å². The van der Waals surface area contributed by atoms with E-state index in [9.17, 15) is 0 Å². The van der Waals surface area contributed by atoms with Crippen molar-refractivity contribution in [2.45, 2.75) is 26.8 Å². The number of hydrogen-bond donors (Lipinski definition) is 1.